The molecule has 4 rings (SSSR count). The Labute approximate surface area is 154 Å². The summed E-state index contributed by atoms with van der Waals surface area (Å²) in [5, 5.41) is 0. The zero-order valence-corrected chi connectivity index (χ0v) is 14.9. The third-order valence-corrected chi connectivity index (χ3v) is 5.41. The predicted octanol–water partition coefficient (Wildman–Crippen LogP) is 2.51. The van der Waals surface area contributed by atoms with Gasteiger partial charge in [-0.05, 0) is 22.3 Å². The quantitative estimate of drug-likeness (QED) is 0.920. The molecule has 1 saturated heterocycles. The van der Waals surface area contributed by atoms with Crippen molar-refractivity contribution in [1.82, 2.24) is 9.80 Å². The van der Waals surface area contributed by atoms with E-state index in [1.807, 2.05) is 0 Å². The Morgan fingerprint density at radius 3 is 2.12 bits per heavy atom. The van der Waals surface area contributed by atoms with E-state index in [0.717, 1.165) is 19.6 Å². The first-order chi connectivity index (χ1) is 12.8. The fourth-order valence-corrected chi connectivity index (χ4v) is 4.02. The molecule has 136 valence electrons. The van der Waals surface area contributed by atoms with Crippen molar-refractivity contribution in [2.24, 2.45) is 5.73 Å². The Morgan fingerprint density at radius 2 is 1.54 bits per heavy atom. The Hall–Kier alpha value is -2.37. The molecule has 0 unspecified atom stereocenters. The predicted molar refractivity (Wildman–Crippen MR) is 102 cm³/mol. The number of carbonyl (C=O) groups is 1. The van der Waals surface area contributed by atoms with E-state index in [-0.39, 0.29) is 12.0 Å². The van der Waals surface area contributed by atoms with E-state index in [9.17, 15) is 4.79 Å². The maximum atomic E-state index is 12.5. The number of hydrogen-bond donors (Lipinski definition) is 1. The Bertz CT molecular complexity index is 739. The number of amides is 1. The Kier molecular flexibility index (Phi) is 4.91. The van der Waals surface area contributed by atoms with Crippen LogP contribution >= 0.6 is 0 Å². The molecule has 0 aromatic heterocycles. The van der Waals surface area contributed by atoms with Crippen LogP contribution in [0.4, 0.5) is 4.79 Å². The number of benzene rings is 2. The molecule has 2 aromatic rings. The summed E-state index contributed by atoms with van der Waals surface area (Å²) in [6.45, 7) is 5.06. The highest BCUT2D eigenvalue weighted by molar-refractivity contribution is 5.79. The van der Waals surface area contributed by atoms with E-state index < -0.39 is 0 Å². The van der Waals surface area contributed by atoms with Gasteiger partial charge in [-0.2, -0.15) is 0 Å². The molecule has 0 saturated carbocycles. The van der Waals surface area contributed by atoms with Crippen LogP contribution in [-0.4, -0.2) is 61.8 Å². The van der Waals surface area contributed by atoms with Crippen LogP contribution < -0.4 is 5.73 Å². The van der Waals surface area contributed by atoms with Gasteiger partial charge in [-0.3, -0.25) is 4.90 Å². The van der Waals surface area contributed by atoms with Gasteiger partial charge < -0.3 is 15.4 Å². The van der Waals surface area contributed by atoms with Crippen LogP contribution in [-0.2, 0) is 4.74 Å². The molecule has 2 aliphatic rings. The fourth-order valence-electron chi connectivity index (χ4n) is 4.02. The summed E-state index contributed by atoms with van der Waals surface area (Å²) in [5.74, 6) is 0.116. The van der Waals surface area contributed by atoms with Gasteiger partial charge in [0, 0.05) is 45.2 Å². The third kappa shape index (κ3) is 3.20. The topological polar surface area (TPSA) is 58.8 Å². The van der Waals surface area contributed by atoms with Crippen LogP contribution in [0.3, 0.4) is 0 Å². The van der Waals surface area contributed by atoms with Crippen LogP contribution in [0.2, 0.25) is 0 Å². The average Bonchev–Trinajstić information content (AvgIpc) is 3.01. The van der Waals surface area contributed by atoms with Crippen LogP contribution in [0.5, 0.6) is 0 Å². The first kappa shape index (κ1) is 17.1. The number of hydrogen-bond acceptors (Lipinski definition) is 4. The standard InChI is InChI=1S/C21H25N3O2/c22-9-10-23-11-13-24(14-12-23)21(25)26-15-20-18-7-3-1-5-16(18)17-6-2-4-8-19(17)20/h1-8,20H,9-15,22H2. The minimum atomic E-state index is -0.209. The van der Waals surface area contributed by atoms with E-state index in [1.165, 1.54) is 22.3 Å². The number of nitrogens with two attached hydrogens (primary N) is 1. The van der Waals surface area contributed by atoms with Crippen molar-refractivity contribution < 1.29 is 9.53 Å². The molecule has 1 aliphatic heterocycles. The summed E-state index contributed by atoms with van der Waals surface area (Å²) in [6, 6.07) is 16.8. The van der Waals surface area contributed by atoms with Gasteiger partial charge in [0.15, 0.2) is 0 Å². The van der Waals surface area contributed by atoms with E-state index in [1.54, 1.807) is 4.90 Å². The van der Waals surface area contributed by atoms with Crippen molar-refractivity contribution in [3.63, 3.8) is 0 Å². The molecule has 0 bridgehead atoms. The minimum absolute atomic E-state index is 0.116. The molecular formula is C21H25N3O2. The molecule has 0 atom stereocenters. The second kappa shape index (κ2) is 7.48. The smallest absolute Gasteiger partial charge is 0.409 e. The Morgan fingerprint density at radius 1 is 0.962 bits per heavy atom. The maximum Gasteiger partial charge on any atom is 0.409 e. The van der Waals surface area contributed by atoms with Gasteiger partial charge in [-0.15, -0.1) is 0 Å². The number of carbonyl (C=O) groups excluding carboxylic acids is 1. The summed E-state index contributed by atoms with van der Waals surface area (Å²) in [5.41, 5.74) is 10.6. The number of rotatable bonds is 4. The van der Waals surface area contributed by atoms with Crippen molar-refractivity contribution in [3.8, 4) is 11.1 Å². The molecule has 0 spiro atoms. The molecule has 1 amide bonds. The van der Waals surface area contributed by atoms with Gasteiger partial charge >= 0.3 is 6.09 Å². The number of piperazine rings is 1. The lowest BCUT2D eigenvalue weighted by atomic mass is 9.98. The SMILES string of the molecule is NCCN1CCN(C(=O)OCC2c3ccccc3-c3ccccc32)CC1. The summed E-state index contributed by atoms with van der Waals surface area (Å²) in [6.07, 6.45) is -0.209. The van der Waals surface area contributed by atoms with Gasteiger partial charge in [0.25, 0.3) is 0 Å². The first-order valence-electron chi connectivity index (χ1n) is 9.30. The number of fused-ring (bicyclic) bond motifs is 3. The maximum absolute atomic E-state index is 12.5. The van der Waals surface area contributed by atoms with Crippen LogP contribution in [0, 0.1) is 0 Å². The molecule has 2 aromatic carbocycles. The van der Waals surface area contributed by atoms with Crippen molar-refractivity contribution in [1.29, 1.82) is 0 Å². The van der Waals surface area contributed by atoms with Crippen LogP contribution in [0.15, 0.2) is 48.5 Å². The highest BCUT2D eigenvalue weighted by Gasteiger charge is 2.30. The average molecular weight is 351 g/mol. The van der Waals surface area contributed by atoms with E-state index in [2.05, 4.69) is 53.4 Å². The first-order valence-corrected chi connectivity index (χ1v) is 9.30. The largest absolute Gasteiger partial charge is 0.448 e. The molecule has 1 fully saturated rings. The van der Waals surface area contributed by atoms with Crippen LogP contribution in [0.25, 0.3) is 11.1 Å². The van der Waals surface area contributed by atoms with Crippen molar-refractivity contribution in [2.75, 3.05) is 45.9 Å². The van der Waals surface area contributed by atoms with E-state index in [4.69, 9.17) is 10.5 Å². The van der Waals surface area contributed by atoms with Crippen LogP contribution in [0.1, 0.15) is 17.0 Å². The summed E-state index contributed by atoms with van der Waals surface area (Å²) >= 11 is 0. The van der Waals surface area contributed by atoms with Gasteiger partial charge in [-0.25, -0.2) is 4.79 Å². The van der Waals surface area contributed by atoms with Gasteiger partial charge in [0.1, 0.15) is 6.61 Å². The zero-order valence-electron chi connectivity index (χ0n) is 14.9. The summed E-state index contributed by atoms with van der Waals surface area (Å²) in [7, 11) is 0. The lowest BCUT2D eigenvalue weighted by Crippen LogP contribution is -2.50. The van der Waals surface area contributed by atoms with Crippen molar-refractivity contribution in [2.45, 2.75) is 5.92 Å². The third-order valence-electron chi connectivity index (χ3n) is 5.41. The number of ether oxygens (including phenoxy) is 1. The molecule has 1 heterocycles. The second-order valence-electron chi connectivity index (χ2n) is 6.92. The molecule has 5 nitrogen and oxygen atoms in total. The van der Waals surface area contributed by atoms with Gasteiger partial charge in [0.05, 0.1) is 0 Å². The second-order valence-corrected chi connectivity index (χ2v) is 6.92. The Balaban J connectivity index is 1.41. The molecule has 2 N–H and O–H groups in total. The highest BCUT2D eigenvalue weighted by atomic mass is 16.6. The summed E-state index contributed by atoms with van der Waals surface area (Å²) < 4.78 is 5.72. The molecular weight excluding hydrogens is 326 g/mol. The molecule has 5 heteroatoms. The van der Waals surface area contributed by atoms with E-state index >= 15 is 0 Å². The molecule has 0 radical (unpaired) electrons. The fraction of sp³-hybridized carbons (Fsp3) is 0.381. The van der Waals surface area contributed by atoms with Crippen molar-refractivity contribution in [3.05, 3.63) is 59.7 Å². The minimum Gasteiger partial charge on any atom is -0.448 e. The molecule has 26 heavy (non-hydrogen) atoms. The monoisotopic (exact) mass is 351 g/mol. The van der Waals surface area contributed by atoms with Gasteiger partial charge in [-0.1, -0.05) is 48.5 Å². The van der Waals surface area contributed by atoms with Gasteiger partial charge in [0.2, 0.25) is 0 Å². The number of nitrogens with zero attached hydrogens (tertiary/aromatic N) is 2. The summed E-state index contributed by atoms with van der Waals surface area (Å²) in [4.78, 5) is 16.6. The van der Waals surface area contributed by atoms with Crippen molar-refractivity contribution >= 4 is 6.09 Å². The lowest BCUT2D eigenvalue weighted by Gasteiger charge is -2.34. The zero-order chi connectivity index (χ0) is 17.9. The van der Waals surface area contributed by atoms with E-state index in [0.29, 0.717) is 26.2 Å². The highest BCUT2D eigenvalue weighted by Crippen LogP contribution is 2.44. The normalized spacial score (nSPS) is 17.0. The molecule has 1 aliphatic carbocycles. The lowest BCUT2D eigenvalue weighted by molar-refractivity contribution is 0.0753.